The van der Waals surface area contributed by atoms with E-state index in [1.165, 1.54) is 24.3 Å². The van der Waals surface area contributed by atoms with Gasteiger partial charge >= 0.3 is 6.03 Å². The molecular weight excluding hydrogens is 374 g/mol. The summed E-state index contributed by atoms with van der Waals surface area (Å²) in [4.78, 5) is 49.8. The molecule has 2 aromatic carbocycles. The highest BCUT2D eigenvalue weighted by Gasteiger charge is 2.43. The molecule has 0 aromatic heterocycles. The van der Waals surface area contributed by atoms with Gasteiger partial charge in [-0.2, -0.15) is 0 Å². The van der Waals surface area contributed by atoms with Gasteiger partial charge in [0, 0.05) is 11.4 Å². The minimum absolute atomic E-state index is 0.000360. The summed E-state index contributed by atoms with van der Waals surface area (Å²) in [5, 5.41) is 16.1. The SMILES string of the molecule is C/C=C(/Nc1ccc(C(=O)[O-])cc1)[C@H]1C(=O)NC(=O)N(c2ccccc2C)C1=O. The number of nitrogens with zero attached hydrogens (tertiary/aromatic N) is 1. The van der Waals surface area contributed by atoms with E-state index in [0.717, 1.165) is 4.90 Å². The number of hydrogen-bond acceptors (Lipinski definition) is 6. The minimum Gasteiger partial charge on any atom is -0.545 e. The molecule has 1 fully saturated rings. The van der Waals surface area contributed by atoms with Gasteiger partial charge in [-0.1, -0.05) is 36.4 Å². The van der Waals surface area contributed by atoms with Gasteiger partial charge in [0.25, 0.3) is 5.91 Å². The molecule has 1 saturated heterocycles. The van der Waals surface area contributed by atoms with Gasteiger partial charge in [0.05, 0.1) is 11.7 Å². The number of aryl methyl sites for hydroxylation is 1. The highest BCUT2D eigenvalue weighted by molar-refractivity contribution is 6.29. The van der Waals surface area contributed by atoms with Gasteiger partial charge in [0.1, 0.15) is 0 Å². The first-order chi connectivity index (χ1) is 13.8. The van der Waals surface area contributed by atoms with Crippen LogP contribution in [0.15, 0.2) is 60.3 Å². The Morgan fingerprint density at radius 3 is 2.34 bits per heavy atom. The molecule has 0 spiro atoms. The Kier molecular flexibility index (Phi) is 5.45. The summed E-state index contributed by atoms with van der Waals surface area (Å²) in [6.07, 6.45) is 1.56. The number of benzene rings is 2. The molecule has 1 heterocycles. The number of barbiturate groups is 1. The van der Waals surface area contributed by atoms with Crippen LogP contribution < -0.4 is 20.6 Å². The van der Waals surface area contributed by atoms with Crippen molar-refractivity contribution in [1.82, 2.24) is 5.32 Å². The van der Waals surface area contributed by atoms with Crippen LogP contribution in [0.25, 0.3) is 0 Å². The maximum Gasteiger partial charge on any atom is 0.335 e. The zero-order chi connectivity index (χ0) is 21.1. The minimum atomic E-state index is -1.31. The lowest BCUT2D eigenvalue weighted by molar-refractivity contribution is -0.255. The van der Waals surface area contributed by atoms with Gasteiger partial charge in [-0.05, 0) is 43.2 Å². The zero-order valence-corrected chi connectivity index (χ0v) is 15.8. The van der Waals surface area contributed by atoms with Crippen LogP contribution in [0.4, 0.5) is 16.2 Å². The first-order valence-electron chi connectivity index (χ1n) is 8.82. The molecule has 8 nitrogen and oxygen atoms in total. The number of urea groups is 1. The summed E-state index contributed by atoms with van der Waals surface area (Å²) < 4.78 is 0. The van der Waals surface area contributed by atoms with Crippen molar-refractivity contribution in [3.63, 3.8) is 0 Å². The summed E-state index contributed by atoms with van der Waals surface area (Å²) in [7, 11) is 0. The Labute approximate surface area is 166 Å². The maximum atomic E-state index is 13.1. The molecule has 2 N–H and O–H groups in total. The monoisotopic (exact) mass is 392 g/mol. The van der Waals surface area contributed by atoms with Gasteiger partial charge in [-0.25, -0.2) is 9.69 Å². The van der Waals surface area contributed by atoms with Crippen molar-refractivity contribution < 1.29 is 24.3 Å². The number of carbonyl (C=O) groups is 4. The van der Waals surface area contributed by atoms with Crippen molar-refractivity contribution in [2.24, 2.45) is 5.92 Å². The van der Waals surface area contributed by atoms with E-state index in [1.807, 2.05) is 0 Å². The maximum absolute atomic E-state index is 13.1. The molecular formula is C21H18N3O5-. The van der Waals surface area contributed by atoms with E-state index in [9.17, 15) is 24.3 Å². The summed E-state index contributed by atoms with van der Waals surface area (Å²) in [5.41, 5.74) is 1.83. The molecule has 0 bridgehead atoms. The number of imide groups is 2. The fourth-order valence-electron chi connectivity index (χ4n) is 3.06. The predicted octanol–water partition coefficient (Wildman–Crippen LogP) is 1.57. The molecule has 8 heteroatoms. The predicted molar refractivity (Wildman–Crippen MR) is 104 cm³/mol. The molecule has 0 saturated carbocycles. The number of carboxylic acid groups (broad SMARTS) is 1. The second-order valence-corrected chi connectivity index (χ2v) is 6.42. The molecule has 0 aliphatic carbocycles. The molecule has 1 aliphatic heterocycles. The van der Waals surface area contributed by atoms with Crippen LogP contribution in [0.2, 0.25) is 0 Å². The fraction of sp³-hybridized carbons (Fsp3) is 0.143. The average Bonchev–Trinajstić information content (AvgIpc) is 2.68. The van der Waals surface area contributed by atoms with Crippen LogP contribution in [0.5, 0.6) is 0 Å². The third kappa shape index (κ3) is 3.86. The molecule has 0 unspecified atom stereocenters. The van der Waals surface area contributed by atoms with E-state index in [1.54, 1.807) is 44.2 Å². The van der Waals surface area contributed by atoms with Crippen molar-refractivity contribution in [1.29, 1.82) is 0 Å². The molecule has 1 atom stereocenters. The Balaban J connectivity index is 1.91. The van der Waals surface area contributed by atoms with Crippen LogP contribution in [0.3, 0.4) is 0 Å². The van der Waals surface area contributed by atoms with Gasteiger partial charge in [-0.15, -0.1) is 0 Å². The zero-order valence-electron chi connectivity index (χ0n) is 15.8. The van der Waals surface area contributed by atoms with E-state index < -0.39 is 29.7 Å². The van der Waals surface area contributed by atoms with Crippen LogP contribution in [0, 0.1) is 12.8 Å². The van der Waals surface area contributed by atoms with Gasteiger partial charge in [0.15, 0.2) is 5.92 Å². The number of allylic oxidation sites excluding steroid dienone is 1. The number of carbonyl (C=O) groups excluding carboxylic acids is 4. The lowest BCUT2D eigenvalue weighted by Crippen LogP contribution is -2.59. The van der Waals surface area contributed by atoms with Crippen LogP contribution in [-0.2, 0) is 9.59 Å². The Morgan fingerprint density at radius 2 is 1.76 bits per heavy atom. The summed E-state index contributed by atoms with van der Waals surface area (Å²) >= 11 is 0. The van der Waals surface area contributed by atoms with Crippen molar-refractivity contribution in [2.45, 2.75) is 13.8 Å². The normalized spacial score (nSPS) is 17.2. The summed E-state index contributed by atoms with van der Waals surface area (Å²) in [6, 6.07) is 11.7. The largest absolute Gasteiger partial charge is 0.545 e. The summed E-state index contributed by atoms with van der Waals surface area (Å²) in [5.74, 6) is -3.99. The lowest BCUT2D eigenvalue weighted by Gasteiger charge is -2.32. The second kappa shape index (κ2) is 7.97. The van der Waals surface area contributed by atoms with E-state index in [-0.39, 0.29) is 11.3 Å². The standard InChI is InChI=1S/C21H19N3O5/c1-3-15(22-14-10-8-13(9-11-14)20(27)28)17-18(25)23-21(29)24(19(17)26)16-7-5-4-6-12(16)2/h3-11,17,22H,1-2H3,(H,27,28)(H,23,25,29)/p-1/b15-3+/t17-/m0/s1. The fourth-order valence-corrected chi connectivity index (χ4v) is 3.06. The quantitative estimate of drug-likeness (QED) is 0.746. The van der Waals surface area contributed by atoms with Crippen LogP contribution in [-0.4, -0.2) is 23.8 Å². The first-order valence-corrected chi connectivity index (χ1v) is 8.82. The molecule has 2 aromatic rings. The van der Waals surface area contributed by atoms with E-state index in [0.29, 0.717) is 16.9 Å². The number of aromatic carboxylic acids is 1. The molecule has 1 aliphatic rings. The number of hydrogen-bond donors (Lipinski definition) is 2. The van der Waals surface area contributed by atoms with Crippen molar-refractivity contribution in [2.75, 3.05) is 10.2 Å². The Morgan fingerprint density at radius 1 is 1.10 bits per heavy atom. The number of nitrogens with one attached hydrogen (secondary N) is 2. The second-order valence-electron chi connectivity index (χ2n) is 6.42. The van der Waals surface area contributed by atoms with E-state index in [2.05, 4.69) is 10.6 Å². The van der Waals surface area contributed by atoms with Crippen LogP contribution >= 0.6 is 0 Å². The Bertz CT molecular complexity index is 1030. The number of carboxylic acids is 1. The highest BCUT2D eigenvalue weighted by Crippen LogP contribution is 2.28. The van der Waals surface area contributed by atoms with Gasteiger partial charge in [0.2, 0.25) is 5.91 Å². The highest BCUT2D eigenvalue weighted by atomic mass is 16.4. The third-order valence-electron chi connectivity index (χ3n) is 4.55. The smallest absolute Gasteiger partial charge is 0.335 e. The number of para-hydroxylation sites is 1. The topological polar surface area (TPSA) is 119 Å². The molecule has 4 amide bonds. The lowest BCUT2D eigenvalue weighted by atomic mass is 9.98. The number of rotatable bonds is 5. The van der Waals surface area contributed by atoms with Crippen molar-refractivity contribution >= 4 is 35.2 Å². The van der Waals surface area contributed by atoms with E-state index >= 15 is 0 Å². The number of anilines is 2. The molecule has 0 radical (unpaired) electrons. The summed E-state index contributed by atoms with van der Waals surface area (Å²) in [6.45, 7) is 3.40. The molecule has 29 heavy (non-hydrogen) atoms. The van der Waals surface area contributed by atoms with Crippen molar-refractivity contribution in [3.8, 4) is 0 Å². The van der Waals surface area contributed by atoms with Crippen LogP contribution in [0.1, 0.15) is 22.8 Å². The molecule has 148 valence electrons. The Hall–Kier alpha value is -3.94. The van der Waals surface area contributed by atoms with Gasteiger partial charge < -0.3 is 15.2 Å². The molecule has 3 rings (SSSR count). The third-order valence-corrected chi connectivity index (χ3v) is 4.55. The average molecular weight is 392 g/mol. The first kappa shape index (κ1) is 19.8. The number of amides is 4. The van der Waals surface area contributed by atoms with E-state index in [4.69, 9.17) is 0 Å². The van der Waals surface area contributed by atoms with Crippen molar-refractivity contribution in [3.05, 3.63) is 71.4 Å². The van der Waals surface area contributed by atoms with Gasteiger partial charge in [-0.3, -0.25) is 14.9 Å².